The van der Waals surface area contributed by atoms with Gasteiger partial charge in [-0.1, -0.05) is 20.8 Å². The van der Waals surface area contributed by atoms with Crippen molar-refractivity contribution < 1.29 is 24.1 Å². The van der Waals surface area contributed by atoms with E-state index in [1.807, 2.05) is 54.5 Å². The summed E-state index contributed by atoms with van der Waals surface area (Å²) in [6.45, 7) is 13.9. The lowest BCUT2D eigenvalue weighted by Gasteiger charge is -2.25. The van der Waals surface area contributed by atoms with Crippen LogP contribution in [0, 0.1) is 19.3 Å². The number of rotatable bonds is 10. The van der Waals surface area contributed by atoms with Gasteiger partial charge >= 0.3 is 0 Å². The molecular formula is C26H38ClN5O5. The van der Waals surface area contributed by atoms with Gasteiger partial charge in [-0.25, -0.2) is 4.68 Å². The van der Waals surface area contributed by atoms with Crippen LogP contribution in [0.2, 0.25) is 0 Å². The number of aromatic nitrogens is 4. The first-order valence-corrected chi connectivity index (χ1v) is 12.1. The summed E-state index contributed by atoms with van der Waals surface area (Å²) in [5.74, 6) is 1.21. The number of hydrogen-bond acceptors (Lipinski definition) is 8. The monoisotopic (exact) mass is 535 g/mol. The van der Waals surface area contributed by atoms with E-state index in [9.17, 15) is 4.79 Å². The minimum atomic E-state index is -0.321. The standard InChI is InChI=1S/C26H37N5O5.ClH/c1-15(2)36-24-17(4)16(3)23-28-30(25(27)31(23)29-24)14-20(33)18-12-19(26(5,6)7)22(34-8)21(13-18)35-11-9-10-32;/h12-13,15,27,32H,9-11,14H2,1-8H3;1H. The Morgan fingerprint density at radius 3 is 2.41 bits per heavy atom. The molecule has 2 heterocycles. The van der Waals surface area contributed by atoms with E-state index in [-0.39, 0.29) is 55.1 Å². The number of aryl methyl sites for hydroxylation is 1. The van der Waals surface area contributed by atoms with E-state index < -0.39 is 0 Å². The highest BCUT2D eigenvalue weighted by Crippen LogP contribution is 2.40. The highest BCUT2D eigenvalue weighted by molar-refractivity contribution is 5.97. The molecule has 2 N–H and O–H groups in total. The van der Waals surface area contributed by atoms with Gasteiger partial charge in [0.15, 0.2) is 22.9 Å². The number of hydrogen-bond donors (Lipinski definition) is 2. The Morgan fingerprint density at radius 1 is 1.16 bits per heavy atom. The van der Waals surface area contributed by atoms with Crippen molar-refractivity contribution >= 4 is 23.8 Å². The number of carbonyl (C=O) groups is 1. The Balaban J connectivity index is 0.00000481. The molecule has 11 heteroatoms. The maximum atomic E-state index is 13.4. The summed E-state index contributed by atoms with van der Waals surface area (Å²) in [7, 11) is 1.57. The third kappa shape index (κ3) is 6.42. The van der Waals surface area contributed by atoms with Crippen LogP contribution in [0.5, 0.6) is 17.4 Å². The molecule has 0 aliphatic rings. The smallest absolute Gasteiger partial charge is 0.242 e. The van der Waals surface area contributed by atoms with Crippen LogP contribution in [0.4, 0.5) is 0 Å². The van der Waals surface area contributed by atoms with E-state index in [4.69, 9.17) is 24.7 Å². The SMILES string of the molecule is COc1c(OCCCO)cc(C(=O)Cn2nc3c(C)c(C)c(OC(C)C)nn3c2=N)cc1C(C)(C)C.Cl. The molecule has 3 rings (SSSR count). The van der Waals surface area contributed by atoms with Crippen LogP contribution in [-0.2, 0) is 12.0 Å². The van der Waals surface area contributed by atoms with Crippen molar-refractivity contribution in [2.45, 2.75) is 73.0 Å². The number of nitrogens with one attached hydrogen (secondary N) is 1. The van der Waals surface area contributed by atoms with Gasteiger partial charge in [-0.2, -0.15) is 4.52 Å². The van der Waals surface area contributed by atoms with Crippen LogP contribution in [0.1, 0.15) is 68.1 Å². The van der Waals surface area contributed by atoms with Gasteiger partial charge in [0.25, 0.3) is 0 Å². The number of fused-ring (bicyclic) bond motifs is 1. The number of ether oxygens (including phenoxy) is 3. The van der Waals surface area contributed by atoms with Crippen molar-refractivity contribution in [2.75, 3.05) is 20.3 Å². The number of halogens is 1. The van der Waals surface area contributed by atoms with Crippen molar-refractivity contribution in [3.8, 4) is 17.4 Å². The molecule has 0 radical (unpaired) electrons. The second-order valence-corrected chi connectivity index (χ2v) is 10.1. The number of carbonyl (C=O) groups excluding carboxylic acids is 1. The second kappa shape index (κ2) is 12.0. The fourth-order valence-corrected chi connectivity index (χ4v) is 3.79. The lowest BCUT2D eigenvalue weighted by molar-refractivity contribution is 0.0964. The van der Waals surface area contributed by atoms with Crippen molar-refractivity contribution in [1.82, 2.24) is 19.4 Å². The molecule has 10 nitrogen and oxygen atoms in total. The summed E-state index contributed by atoms with van der Waals surface area (Å²) >= 11 is 0. The minimum absolute atomic E-state index is 0. The van der Waals surface area contributed by atoms with Crippen molar-refractivity contribution in [2.24, 2.45) is 0 Å². The molecule has 37 heavy (non-hydrogen) atoms. The number of aliphatic hydroxyl groups excluding tert-OH is 1. The Morgan fingerprint density at radius 2 is 1.84 bits per heavy atom. The average Bonchev–Trinajstić information content (AvgIpc) is 3.11. The van der Waals surface area contributed by atoms with Gasteiger partial charge in [0.1, 0.15) is 6.54 Å². The van der Waals surface area contributed by atoms with Gasteiger partial charge < -0.3 is 19.3 Å². The van der Waals surface area contributed by atoms with E-state index >= 15 is 0 Å². The van der Waals surface area contributed by atoms with Crippen LogP contribution < -0.4 is 19.8 Å². The summed E-state index contributed by atoms with van der Waals surface area (Å²) in [4.78, 5) is 13.4. The molecule has 0 spiro atoms. The summed E-state index contributed by atoms with van der Waals surface area (Å²) in [5, 5.41) is 26.7. The van der Waals surface area contributed by atoms with Gasteiger partial charge in [-0.05, 0) is 45.2 Å². The number of benzene rings is 1. The molecule has 0 saturated carbocycles. The first-order chi connectivity index (χ1) is 16.9. The van der Waals surface area contributed by atoms with E-state index in [1.165, 1.54) is 9.20 Å². The Labute approximate surface area is 223 Å². The fourth-order valence-electron chi connectivity index (χ4n) is 3.79. The largest absolute Gasteiger partial charge is 0.493 e. The summed E-state index contributed by atoms with van der Waals surface area (Å²) in [5.41, 5.74) is 3.07. The Kier molecular flexibility index (Phi) is 9.73. The molecule has 0 unspecified atom stereocenters. The molecule has 0 aliphatic carbocycles. The zero-order valence-electron chi connectivity index (χ0n) is 22.8. The summed E-state index contributed by atoms with van der Waals surface area (Å²) < 4.78 is 20.0. The molecule has 2 aromatic heterocycles. The lowest BCUT2D eigenvalue weighted by Crippen LogP contribution is -2.27. The Hall–Kier alpha value is -3.11. The highest BCUT2D eigenvalue weighted by atomic mass is 35.5. The second-order valence-electron chi connectivity index (χ2n) is 10.1. The van der Waals surface area contributed by atoms with Gasteiger partial charge in [0, 0.05) is 35.3 Å². The van der Waals surface area contributed by atoms with E-state index in [1.54, 1.807) is 13.2 Å². The zero-order valence-corrected chi connectivity index (χ0v) is 23.7. The topological polar surface area (TPSA) is 124 Å². The molecule has 204 valence electrons. The Bertz CT molecular complexity index is 1320. The number of Topliss-reactive ketones (excluding diaryl/α,β-unsaturated/α-hetero) is 1. The van der Waals surface area contributed by atoms with Gasteiger partial charge in [0.05, 0.1) is 19.8 Å². The van der Waals surface area contributed by atoms with Crippen LogP contribution in [-0.4, -0.2) is 56.7 Å². The molecular weight excluding hydrogens is 498 g/mol. The molecule has 0 saturated heterocycles. The molecule has 0 amide bonds. The quantitative estimate of drug-likeness (QED) is 0.299. The van der Waals surface area contributed by atoms with Crippen molar-refractivity contribution in [1.29, 1.82) is 5.41 Å². The molecule has 0 bridgehead atoms. The normalized spacial score (nSPS) is 11.5. The molecule has 0 fully saturated rings. The zero-order chi connectivity index (χ0) is 26.8. The lowest BCUT2D eigenvalue weighted by atomic mass is 9.84. The van der Waals surface area contributed by atoms with Gasteiger partial charge in [-0.15, -0.1) is 22.6 Å². The molecule has 0 aliphatic heterocycles. The number of methoxy groups -OCH3 is 1. The number of aliphatic hydroxyl groups is 1. The van der Waals surface area contributed by atoms with Gasteiger partial charge in [0.2, 0.25) is 11.5 Å². The van der Waals surface area contributed by atoms with Gasteiger partial charge in [-0.3, -0.25) is 10.2 Å². The molecule has 1 aromatic carbocycles. The number of nitrogens with zero attached hydrogens (tertiary/aromatic N) is 4. The van der Waals surface area contributed by atoms with Crippen molar-refractivity contribution in [3.63, 3.8) is 0 Å². The third-order valence-electron chi connectivity index (χ3n) is 5.86. The average molecular weight is 536 g/mol. The fraction of sp³-hybridized carbons (Fsp3) is 0.538. The van der Waals surface area contributed by atoms with Crippen LogP contribution in [0.15, 0.2) is 12.1 Å². The first-order valence-electron chi connectivity index (χ1n) is 12.1. The summed E-state index contributed by atoms with van der Waals surface area (Å²) in [6.07, 6.45) is 0.389. The van der Waals surface area contributed by atoms with E-state index in [0.29, 0.717) is 35.0 Å². The van der Waals surface area contributed by atoms with E-state index in [2.05, 4.69) is 10.2 Å². The molecule has 3 aromatic rings. The predicted molar refractivity (Wildman–Crippen MR) is 143 cm³/mol. The maximum Gasteiger partial charge on any atom is 0.242 e. The van der Waals surface area contributed by atoms with Crippen LogP contribution in [0.3, 0.4) is 0 Å². The van der Waals surface area contributed by atoms with Crippen LogP contribution >= 0.6 is 12.4 Å². The van der Waals surface area contributed by atoms with Crippen LogP contribution in [0.25, 0.3) is 5.65 Å². The third-order valence-corrected chi connectivity index (χ3v) is 5.86. The number of ketones is 1. The van der Waals surface area contributed by atoms with E-state index in [0.717, 1.165) is 16.7 Å². The van der Waals surface area contributed by atoms with Crippen molar-refractivity contribution in [3.05, 3.63) is 40.0 Å². The minimum Gasteiger partial charge on any atom is -0.493 e. The first kappa shape index (κ1) is 30.1. The highest BCUT2D eigenvalue weighted by Gasteiger charge is 2.26. The predicted octanol–water partition coefficient (Wildman–Crippen LogP) is 3.79. The summed E-state index contributed by atoms with van der Waals surface area (Å²) in [6, 6.07) is 3.46. The maximum absolute atomic E-state index is 13.4. The molecule has 0 atom stereocenters.